The Morgan fingerprint density at radius 2 is 1.70 bits per heavy atom. The Morgan fingerprint density at radius 1 is 0.965 bits per heavy atom. The van der Waals surface area contributed by atoms with Crippen LogP contribution in [0, 0.1) is 0 Å². The number of hydrogen-bond acceptors (Lipinski definition) is 10. The van der Waals surface area contributed by atoms with Gasteiger partial charge in [-0.25, -0.2) is 17.8 Å². The molecule has 57 heavy (non-hydrogen) atoms. The van der Waals surface area contributed by atoms with Crippen molar-refractivity contribution in [2.45, 2.75) is 57.4 Å². The minimum absolute atomic E-state index is 0.0395. The average Bonchev–Trinajstić information content (AvgIpc) is 3.19. The van der Waals surface area contributed by atoms with E-state index in [-0.39, 0.29) is 24.3 Å². The molecule has 3 aromatic rings. The van der Waals surface area contributed by atoms with Crippen LogP contribution in [-0.2, 0) is 52.2 Å². The normalized spacial score (nSPS) is 16.2. The fourth-order valence-corrected chi connectivity index (χ4v) is 9.19. The number of esters is 1. The highest BCUT2D eigenvalue weighted by Gasteiger charge is 2.37. The van der Waals surface area contributed by atoms with Gasteiger partial charge in [-0.05, 0) is 82.1 Å². The molecule has 3 aliphatic rings. The van der Waals surface area contributed by atoms with Gasteiger partial charge in [0.25, 0.3) is 5.91 Å². The van der Waals surface area contributed by atoms with Crippen molar-refractivity contribution in [2.24, 2.45) is 0 Å². The number of hydrogen-bond donors (Lipinski definition) is 1. The van der Waals surface area contributed by atoms with Crippen molar-refractivity contribution < 1.29 is 41.6 Å². The summed E-state index contributed by atoms with van der Waals surface area (Å²) >= 11 is 0. The van der Waals surface area contributed by atoms with E-state index in [1.807, 2.05) is 24.3 Å². The van der Waals surface area contributed by atoms with Crippen LogP contribution in [0.15, 0.2) is 48.5 Å². The molecule has 2 amide bonds. The van der Waals surface area contributed by atoms with Gasteiger partial charge in [0, 0.05) is 82.0 Å². The van der Waals surface area contributed by atoms with Crippen molar-refractivity contribution in [3.05, 3.63) is 98.1 Å². The van der Waals surface area contributed by atoms with Crippen molar-refractivity contribution in [3.63, 3.8) is 0 Å². The number of nitrogens with one attached hydrogen (secondary N) is 1. The summed E-state index contributed by atoms with van der Waals surface area (Å²) in [4.78, 5) is 43.3. The number of anilines is 1. The first-order chi connectivity index (χ1) is 27.2. The molecule has 13 nitrogen and oxygen atoms in total. The molecule has 1 aliphatic carbocycles. The second-order valence-electron chi connectivity index (χ2n) is 15.6. The van der Waals surface area contributed by atoms with Gasteiger partial charge in [-0.3, -0.25) is 9.59 Å². The molecule has 0 fully saturated rings. The number of methoxy groups -OCH3 is 3. The van der Waals surface area contributed by atoms with Crippen LogP contribution < -0.4 is 25.4 Å². The van der Waals surface area contributed by atoms with Gasteiger partial charge in [0.1, 0.15) is 19.2 Å². The van der Waals surface area contributed by atoms with Crippen LogP contribution in [0.25, 0.3) is 5.57 Å². The molecule has 0 unspecified atom stereocenters. The van der Waals surface area contributed by atoms with Crippen LogP contribution in [-0.4, -0.2) is 122 Å². The van der Waals surface area contributed by atoms with Gasteiger partial charge in [-0.2, -0.15) is 0 Å². The van der Waals surface area contributed by atoms with E-state index < -0.39 is 33.8 Å². The number of amides is 2. The number of rotatable bonds is 15. The summed E-state index contributed by atoms with van der Waals surface area (Å²) in [5.74, 6) is -3.21. The molecule has 14 heteroatoms. The van der Waals surface area contributed by atoms with Crippen LogP contribution in [0.2, 0.25) is 0 Å². The first-order valence-corrected chi connectivity index (χ1v) is 21.1. The highest BCUT2D eigenvalue weighted by Crippen LogP contribution is 2.44. The molecule has 2 aliphatic heterocycles. The first kappa shape index (κ1) is 42.0. The minimum Gasteiger partial charge on any atom is -0.748 e. The smallest absolute Gasteiger partial charge is 0.329 e. The molecule has 1 N–H and O–H groups in total. The molecule has 2 heterocycles. The van der Waals surface area contributed by atoms with Crippen LogP contribution in [0.5, 0.6) is 0 Å². The van der Waals surface area contributed by atoms with Crippen LogP contribution in [0.3, 0.4) is 0 Å². The van der Waals surface area contributed by atoms with Gasteiger partial charge in [-0.1, -0.05) is 32.0 Å². The molecular weight excluding hydrogens is 749 g/mol. The Morgan fingerprint density at radius 3 is 2.42 bits per heavy atom. The number of carbonyl (C=O) groups is 3. The summed E-state index contributed by atoms with van der Waals surface area (Å²) in [6.45, 7) is 9.28. The molecule has 0 spiro atoms. The molecule has 306 valence electrons. The Bertz CT molecular complexity index is 2290. The maximum atomic E-state index is 14.4. The molecule has 0 bridgehead atoms. The lowest BCUT2D eigenvalue weighted by atomic mass is 9.67. The van der Waals surface area contributed by atoms with Crippen LogP contribution in [0.4, 0.5) is 5.69 Å². The van der Waals surface area contributed by atoms with Crippen molar-refractivity contribution in [2.75, 3.05) is 85.0 Å². The van der Waals surface area contributed by atoms with E-state index in [1.165, 1.54) is 38.2 Å². The third kappa shape index (κ3) is 8.94. The second-order valence-corrected chi connectivity index (χ2v) is 17.1. The van der Waals surface area contributed by atoms with E-state index >= 15 is 0 Å². The third-order valence-corrected chi connectivity index (χ3v) is 12.3. The Balaban J connectivity index is 1.46. The largest absolute Gasteiger partial charge is 0.748 e. The Kier molecular flexibility index (Phi) is 12.9. The zero-order valence-electron chi connectivity index (χ0n) is 33.8. The zero-order valence-corrected chi connectivity index (χ0v) is 34.6. The topological polar surface area (TPSA) is 158 Å². The Hall–Kier alpha value is -4.63. The molecule has 0 radical (unpaired) electrons. The van der Waals surface area contributed by atoms with Crippen molar-refractivity contribution in [1.82, 2.24) is 14.8 Å². The van der Waals surface area contributed by atoms with E-state index in [1.54, 1.807) is 21.3 Å². The quantitative estimate of drug-likeness (QED) is 0.136. The molecule has 3 aromatic carbocycles. The standard InChI is InChI=1S/C43H54N4O9S/c1-43(2)34-25-37-28(11-9-16-46(37)19-21-54-4)23-32(34)40(33-24-29-12-10-17-47(20-22-55-5)38(29)26-35(33)43)30-13-7-8-14-31(30)41(49)45(3)18-15-39(48)44-36(42(50)56-6)27-57(51,52)53/h7-8,13-14,23-26,36H,9-12,15-22,27H2,1-6H3,(H-,44,48,51,52,53)/t36-/m0/s1. The summed E-state index contributed by atoms with van der Waals surface area (Å²) in [5.41, 5.74) is 9.05. The predicted octanol–water partition coefficient (Wildman–Crippen LogP) is 1.72. The first-order valence-electron chi connectivity index (χ1n) is 19.5. The number of ether oxygens (including phenoxy) is 3. The van der Waals surface area contributed by atoms with Crippen LogP contribution >= 0.6 is 0 Å². The highest BCUT2D eigenvalue weighted by atomic mass is 32.2. The summed E-state index contributed by atoms with van der Waals surface area (Å²) in [6.07, 6.45) is 3.68. The lowest BCUT2D eigenvalue weighted by molar-refractivity contribution is -0.144. The summed E-state index contributed by atoms with van der Waals surface area (Å²) < 4.78 is 52.1. The third-order valence-electron chi connectivity index (χ3n) is 11.5. The Labute approximate surface area is 335 Å². The lowest BCUT2D eigenvalue weighted by Crippen LogP contribution is -2.46. The maximum absolute atomic E-state index is 14.4. The van der Waals surface area contributed by atoms with E-state index in [0.717, 1.165) is 80.9 Å². The van der Waals surface area contributed by atoms with Gasteiger partial charge in [0.15, 0.2) is 6.54 Å². The lowest BCUT2D eigenvalue weighted by Gasteiger charge is -2.39. The van der Waals surface area contributed by atoms with Crippen LogP contribution in [0.1, 0.15) is 76.8 Å². The van der Waals surface area contributed by atoms with Gasteiger partial charge < -0.3 is 33.9 Å². The van der Waals surface area contributed by atoms with Gasteiger partial charge >= 0.3 is 5.97 Å². The molecular formula is C43H54N4O9S. The number of benzene rings is 3. The van der Waals surface area contributed by atoms with Crippen molar-refractivity contribution in [1.29, 1.82) is 0 Å². The zero-order chi connectivity index (χ0) is 41.1. The monoisotopic (exact) mass is 802 g/mol. The predicted molar refractivity (Wildman–Crippen MR) is 216 cm³/mol. The van der Waals surface area contributed by atoms with Crippen molar-refractivity contribution >= 4 is 39.2 Å². The number of carbonyl (C=O) groups excluding carboxylic acids is 3. The summed E-state index contributed by atoms with van der Waals surface area (Å²) in [6, 6.07) is 15.3. The molecule has 1 atom stereocenters. The number of nitrogens with zero attached hydrogens (tertiary/aromatic N) is 3. The SMILES string of the molecule is COCCN1CCCc2cc3c(cc21)C(C)(C)c1cc2c(cc1=C3c1ccccc1C(=O)N(C)CCC(=O)N[C@@H](CS(=O)(=O)[O-])C(=O)OC)CCC[N+]=2CCOC. The fraction of sp³-hybridized carbons (Fsp3) is 0.488. The summed E-state index contributed by atoms with van der Waals surface area (Å²) in [5, 5.41) is 4.59. The average molecular weight is 803 g/mol. The van der Waals surface area contributed by atoms with E-state index in [4.69, 9.17) is 9.47 Å². The van der Waals surface area contributed by atoms with Crippen molar-refractivity contribution in [3.8, 4) is 0 Å². The maximum Gasteiger partial charge on any atom is 0.329 e. The second kappa shape index (κ2) is 17.5. The van der Waals surface area contributed by atoms with Gasteiger partial charge in [-0.15, -0.1) is 0 Å². The van der Waals surface area contributed by atoms with E-state index in [9.17, 15) is 27.4 Å². The fourth-order valence-electron chi connectivity index (χ4n) is 8.56. The summed E-state index contributed by atoms with van der Waals surface area (Å²) in [7, 11) is 1.24. The molecule has 0 aromatic heterocycles. The number of aryl methyl sites for hydroxylation is 2. The highest BCUT2D eigenvalue weighted by molar-refractivity contribution is 7.85. The molecule has 0 saturated carbocycles. The van der Waals surface area contributed by atoms with E-state index in [2.05, 4.69) is 57.6 Å². The minimum atomic E-state index is -4.84. The van der Waals surface area contributed by atoms with Gasteiger partial charge in [0.05, 0.1) is 29.6 Å². The molecule has 0 saturated heterocycles. The number of fused-ring (bicyclic) bond motifs is 4. The van der Waals surface area contributed by atoms with Gasteiger partial charge in [0.2, 0.25) is 11.3 Å². The van der Waals surface area contributed by atoms with E-state index in [0.29, 0.717) is 18.8 Å². The molecule has 6 rings (SSSR count).